The second kappa shape index (κ2) is 14.4. The highest BCUT2D eigenvalue weighted by atomic mass is 16.3. The van der Waals surface area contributed by atoms with Gasteiger partial charge in [-0.15, -0.1) is 0 Å². The van der Waals surface area contributed by atoms with Crippen molar-refractivity contribution in [3.05, 3.63) is 200 Å². The minimum atomic E-state index is 0.544. The Labute approximate surface area is 329 Å². The first-order valence-corrected chi connectivity index (χ1v) is 18.8. The molecule has 10 aromatic rings. The lowest BCUT2D eigenvalue weighted by Gasteiger charge is -2.12. The summed E-state index contributed by atoms with van der Waals surface area (Å²) in [6, 6.07) is 68.2. The molecule has 266 valence electrons. The van der Waals surface area contributed by atoms with Gasteiger partial charge in [-0.2, -0.15) is 5.26 Å². The summed E-state index contributed by atoms with van der Waals surface area (Å²) >= 11 is 0. The fourth-order valence-electron chi connectivity index (χ4n) is 7.49. The van der Waals surface area contributed by atoms with E-state index in [-0.39, 0.29) is 0 Å². The van der Waals surface area contributed by atoms with Crippen LogP contribution in [0.2, 0.25) is 0 Å². The average molecular weight is 729 g/mol. The molecule has 0 amide bonds. The standard InChI is InChI=1S/C52H32N4O/c53-33-34-19-21-38(22-20-34)43-29-42(36-13-6-2-7-14-36)30-44(31-43)52-55-50(40-15-8-3-9-16-40)54-51(56-52)41-27-28-46-48(32-41)57-47-18-10-17-45(49(46)47)39-25-23-37(24-26-39)35-11-4-1-5-12-35/h1-32H. The van der Waals surface area contributed by atoms with E-state index in [4.69, 9.17) is 19.4 Å². The second-order valence-corrected chi connectivity index (χ2v) is 14.0. The van der Waals surface area contributed by atoms with Crippen LogP contribution in [0.1, 0.15) is 5.56 Å². The SMILES string of the molecule is N#Cc1ccc(-c2cc(-c3ccccc3)cc(-c3nc(-c4ccccc4)nc(-c4ccc5c(c4)oc4cccc(-c6ccc(-c7ccccc7)cc6)c45)n3)c2)cc1. The van der Waals surface area contributed by atoms with Crippen molar-refractivity contribution in [1.82, 2.24) is 15.0 Å². The topological polar surface area (TPSA) is 75.6 Å². The maximum absolute atomic E-state index is 9.44. The van der Waals surface area contributed by atoms with Crippen molar-refractivity contribution in [2.75, 3.05) is 0 Å². The highest BCUT2D eigenvalue weighted by molar-refractivity contribution is 6.13. The van der Waals surface area contributed by atoms with E-state index >= 15 is 0 Å². The van der Waals surface area contributed by atoms with Gasteiger partial charge in [0.25, 0.3) is 0 Å². The third kappa shape index (κ3) is 6.52. The van der Waals surface area contributed by atoms with Crippen LogP contribution in [-0.4, -0.2) is 15.0 Å². The van der Waals surface area contributed by atoms with Crippen molar-refractivity contribution < 1.29 is 4.42 Å². The summed E-state index contributed by atoms with van der Waals surface area (Å²) in [5.74, 6) is 1.67. The summed E-state index contributed by atoms with van der Waals surface area (Å²) in [6.07, 6.45) is 0. The van der Waals surface area contributed by atoms with Gasteiger partial charge in [-0.05, 0) is 93.0 Å². The van der Waals surface area contributed by atoms with Crippen LogP contribution in [0.3, 0.4) is 0 Å². The van der Waals surface area contributed by atoms with E-state index in [9.17, 15) is 5.26 Å². The molecule has 0 aliphatic carbocycles. The second-order valence-electron chi connectivity index (χ2n) is 14.0. The average Bonchev–Trinajstić information content (AvgIpc) is 3.68. The Bertz CT molecular complexity index is 3100. The predicted octanol–water partition coefficient (Wildman–Crippen LogP) is 13.3. The molecule has 5 heteroatoms. The van der Waals surface area contributed by atoms with Crippen LogP contribution in [0.15, 0.2) is 199 Å². The van der Waals surface area contributed by atoms with E-state index in [1.807, 2.05) is 97.1 Å². The first-order valence-electron chi connectivity index (χ1n) is 18.8. The molecule has 10 rings (SSSR count). The smallest absolute Gasteiger partial charge is 0.164 e. The number of rotatable bonds is 7. The van der Waals surface area contributed by atoms with Gasteiger partial charge in [-0.1, -0.05) is 146 Å². The van der Waals surface area contributed by atoms with Gasteiger partial charge in [-0.25, -0.2) is 15.0 Å². The molecule has 0 atom stereocenters. The first-order chi connectivity index (χ1) is 28.2. The van der Waals surface area contributed by atoms with E-state index in [1.165, 1.54) is 11.1 Å². The Morgan fingerprint density at radius 2 is 0.825 bits per heavy atom. The van der Waals surface area contributed by atoms with Gasteiger partial charge in [0, 0.05) is 27.5 Å². The van der Waals surface area contributed by atoms with Crippen LogP contribution in [-0.2, 0) is 0 Å². The highest BCUT2D eigenvalue weighted by Crippen LogP contribution is 2.39. The Kier molecular flexibility index (Phi) is 8.48. The fourth-order valence-corrected chi connectivity index (χ4v) is 7.49. The number of aromatic nitrogens is 3. The van der Waals surface area contributed by atoms with Crippen LogP contribution in [0.5, 0.6) is 0 Å². The number of hydrogen-bond donors (Lipinski definition) is 0. The largest absolute Gasteiger partial charge is 0.456 e. The minimum Gasteiger partial charge on any atom is -0.456 e. The molecule has 0 aliphatic heterocycles. The number of fused-ring (bicyclic) bond motifs is 3. The first kappa shape index (κ1) is 33.6. The molecular weight excluding hydrogens is 697 g/mol. The number of hydrogen-bond acceptors (Lipinski definition) is 5. The molecule has 0 unspecified atom stereocenters. The van der Waals surface area contributed by atoms with E-state index in [1.54, 1.807) is 0 Å². The maximum Gasteiger partial charge on any atom is 0.164 e. The predicted molar refractivity (Wildman–Crippen MR) is 230 cm³/mol. The van der Waals surface area contributed by atoms with Gasteiger partial charge in [0.15, 0.2) is 17.5 Å². The lowest BCUT2D eigenvalue weighted by molar-refractivity contribution is 0.669. The van der Waals surface area contributed by atoms with E-state index in [0.29, 0.717) is 23.0 Å². The Balaban J connectivity index is 1.10. The summed E-state index contributed by atoms with van der Waals surface area (Å²) in [4.78, 5) is 15.3. The Morgan fingerprint density at radius 1 is 0.351 bits per heavy atom. The molecule has 0 bridgehead atoms. The van der Waals surface area contributed by atoms with Gasteiger partial charge in [0.05, 0.1) is 11.6 Å². The van der Waals surface area contributed by atoms with Crippen LogP contribution in [0.25, 0.3) is 101 Å². The third-order valence-electron chi connectivity index (χ3n) is 10.4. The summed E-state index contributed by atoms with van der Waals surface area (Å²) in [6.45, 7) is 0. The van der Waals surface area contributed by atoms with Crippen LogP contribution in [0, 0.1) is 11.3 Å². The Morgan fingerprint density at radius 3 is 1.46 bits per heavy atom. The highest BCUT2D eigenvalue weighted by Gasteiger charge is 2.18. The normalized spacial score (nSPS) is 11.1. The zero-order chi connectivity index (χ0) is 38.1. The molecular formula is C52H32N4O. The molecule has 8 aromatic carbocycles. The van der Waals surface area contributed by atoms with Gasteiger partial charge < -0.3 is 4.42 Å². The van der Waals surface area contributed by atoms with E-state index in [0.717, 1.165) is 72.0 Å². The monoisotopic (exact) mass is 728 g/mol. The lowest BCUT2D eigenvalue weighted by atomic mass is 9.95. The van der Waals surface area contributed by atoms with Crippen LogP contribution < -0.4 is 0 Å². The number of nitriles is 1. The molecule has 0 N–H and O–H groups in total. The van der Waals surface area contributed by atoms with Gasteiger partial charge in [0.2, 0.25) is 0 Å². The molecule has 57 heavy (non-hydrogen) atoms. The van der Waals surface area contributed by atoms with E-state index < -0.39 is 0 Å². The quantitative estimate of drug-likeness (QED) is 0.163. The minimum absolute atomic E-state index is 0.544. The van der Waals surface area contributed by atoms with Gasteiger partial charge >= 0.3 is 0 Å². The molecule has 0 spiro atoms. The molecule has 0 aliphatic rings. The molecule has 0 radical (unpaired) electrons. The van der Waals surface area contributed by atoms with Crippen molar-refractivity contribution in [2.24, 2.45) is 0 Å². The summed E-state index contributed by atoms with van der Waals surface area (Å²) in [5, 5.41) is 11.5. The zero-order valence-corrected chi connectivity index (χ0v) is 30.7. The Hall–Kier alpha value is -7.94. The van der Waals surface area contributed by atoms with Crippen molar-refractivity contribution in [1.29, 1.82) is 5.26 Å². The summed E-state index contributed by atoms with van der Waals surface area (Å²) < 4.78 is 6.55. The molecule has 2 aromatic heterocycles. The maximum atomic E-state index is 9.44. The summed E-state index contributed by atoms with van der Waals surface area (Å²) in [5.41, 5.74) is 13.5. The lowest BCUT2D eigenvalue weighted by Crippen LogP contribution is -2.00. The summed E-state index contributed by atoms with van der Waals surface area (Å²) in [7, 11) is 0. The number of nitrogens with zero attached hydrogens (tertiary/aromatic N) is 4. The molecule has 0 fully saturated rings. The van der Waals surface area contributed by atoms with Crippen molar-refractivity contribution in [3.63, 3.8) is 0 Å². The molecule has 2 heterocycles. The van der Waals surface area contributed by atoms with Gasteiger partial charge in [0.1, 0.15) is 11.2 Å². The number of furan rings is 1. The van der Waals surface area contributed by atoms with E-state index in [2.05, 4.69) is 103 Å². The molecule has 0 saturated heterocycles. The van der Waals surface area contributed by atoms with Crippen molar-refractivity contribution >= 4 is 21.9 Å². The van der Waals surface area contributed by atoms with Crippen LogP contribution >= 0.6 is 0 Å². The van der Waals surface area contributed by atoms with Crippen LogP contribution in [0.4, 0.5) is 0 Å². The molecule has 5 nitrogen and oxygen atoms in total. The van der Waals surface area contributed by atoms with Gasteiger partial charge in [-0.3, -0.25) is 0 Å². The fraction of sp³-hybridized carbons (Fsp3) is 0. The number of benzene rings is 8. The molecule has 0 saturated carbocycles. The zero-order valence-electron chi connectivity index (χ0n) is 30.7. The van der Waals surface area contributed by atoms with Crippen molar-refractivity contribution in [2.45, 2.75) is 0 Å². The third-order valence-corrected chi connectivity index (χ3v) is 10.4. The van der Waals surface area contributed by atoms with Crippen molar-refractivity contribution in [3.8, 4) is 84.7 Å².